The molecule has 1 unspecified atom stereocenters. The van der Waals surface area contributed by atoms with Crippen molar-refractivity contribution in [3.05, 3.63) is 64.2 Å². The van der Waals surface area contributed by atoms with Gasteiger partial charge in [-0.3, -0.25) is 0 Å². The van der Waals surface area contributed by atoms with Crippen LogP contribution in [0.5, 0.6) is 5.75 Å². The second-order valence-corrected chi connectivity index (χ2v) is 5.34. The SMILES string of the molecule is CCc1ccc(COc2ccc(C(C)N)cc2Cl)cc1. The van der Waals surface area contributed by atoms with E-state index in [4.69, 9.17) is 22.1 Å². The molecule has 0 aliphatic rings. The average molecular weight is 290 g/mol. The molecule has 2 nitrogen and oxygen atoms in total. The second-order valence-electron chi connectivity index (χ2n) is 4.94. The molecule has 0 heterocycles. The monoisotopic (exact) mass is 289 g/mol. The molecular formula is C17H20ClNO. The second kappa shape index (κ2) is 6.78. The van der Waals surface area contributed by atoms with Crippen molar-refractivity contribution in [2.45, 2.75) is 32.9 Å². The third-order valence-corrected chi connectivity index (χ3v) is 3.60. The molecular weight excluding hydrogens is 270 g/mol. The van der Waals surface area contributed by atoms with E-state index in [1.807, 2.05) is 25.1 Å². The lowest BCUT2D eigenvalue weighted by Crippen LogP contribution is -2.05. The van der Waals surface area contributed by atoms with E-state index < -0.39 is 0 Å². The van der Waals surface area contributed by atoms with Crippen LogP contribution in [0.3, 0.4) is 0 Å². The first-order chi connectivity index (χ1) is 9.60. The van der Waals surface area contributed by atoms with Crippen molar-refractivity contribution in [2.75, 3.05) is 0 Å². The number of halogens is 1. The van der Waals surface area contributed by atoms with Gasteiger partial charge in [0.2, 0.25) is 0 Å². The first-order valence-corrected chi connectivity index (χ1v) is 7.23. The molecule has 0 saturated heterocycles. The van der Waals surface area contributed by atoms with E-state index in [-0.39, 0.29) is 6.04 Å². The maximum atomic E-state index is 6.21. The number of aryl methyl sites for hydroxylation is 1. The van der Waals surface area contributed by atoms with Crippen molar-refractivity contribution in [1.29, 1.82) is 0 Å². The van der Waals surface area contributed by atoms with Crippen molar-refractivity contribution in [3.63, 3.8) is 0 Å². The molecule has 0 aliphatic heterocycles. The van der Waals surface area contributed by atoms with Crippen molar-refractivity contribution in [3.8, 4) is 5.75 Å². The van der Waals surface area contributed by atoms with Crippen LogP contribution in [0.2, 0.25) is 5.02 Å². The van der Waals surface area contributed by atoms with Crippen LogP contribution in [0.4, 0.5) is 0 Å². The maximum Gasteiger partial charge on any atom is 0.138 e. The van der Waals surface area contributed by atoms with Crippen LogP contribution in [0.1, 0.15) is 36.6 Å². The molecule has 0 saturated carbocycles. The summed E-state index contributed by atoms with van der Waals surface area (Å²) < 4.78 is 5.76. The first-order valence-electron chi connectivity index (χ1n) is 6.85. The summed E-state index contributed by atoms with van der Waals surface area (Å²) in [4.78, 5) is 0. The molecule has 0 radical (unpaired) electrons. The molecule has 0 amide bonds. The highest BCUT2D eigenvalue weighted by Gasteiger charge is 2.06. The predicted octanol–water partition coefficient (Wildman–Crippen LogP) is 4.50. The summed E-state index contributed by atoms with van der Waals surface area (Å²) in [5.74, 6) is 0.690. The first kappa shape index (κ1) is 14.9. The lowest BCUT2D eigenvalue weighted by molar-refractivity contribution is 0.306. The molecule has 1 atom stereocenters. The van der Waals surface area contributed by atoms with Gasteiger partial charge in [-0.15, -0.1) is 0 Å². The molecule has 0 bridgehead atoms. The Labute approximate surface area is 125 Å². The highest BCUT2D eigenvalue weighted by molar-refractivity contribution is 6.32. The molecule has 0 fully saturated rings. The van der Waals surface area contributed by atoms with E-state index in [9.17, 15) is 0 Å². The fourth-order valence-electron chi connectivity index (χ4n) is 1.95. The van der Waals surface area contributed by atoms with Gasteiger partial charge in [0.05, 0.1) is 5.02 Å². The summed E-state index contributed by atoms with van der Waals surface area (Å²) in [6.07, 6.45) is 1.05. The normalized spacial score (nSPS) is 12.2. The zero-order chi connectivity index (χ0) is 14.5. The summed E-state index contributed by atoms with van der Waals surface area (Å²) >= 11 is 6.21. The smallest absolute Gasteiger partial charge is 0.138 e. The zero-order valence-electron chi connectivity index (χ0n) is 11.9. The fourth-order valence-corrected chi connectivity index (χ4v) is 2.19. The minimum absolute atomic E-state index is 0.0249. The van der Waals surface area contributed by atoms with E-state index in [2.05, 4.69) is 31.2 Å². The van der Waals surface area contributed by atoms with Gasteiger partial charge in [-0.2, -0.15) is 0 Å². The molecule has 0 spiro atoms. The Balaban J connectivity index is 2.03. The molecule has 3 heteroatoms. The van der Waals surface area contributed by atoms with E-state index in [1.54, 1.807) is 0 Å². The summed E-state index contributed by atoms with van der Waals surface area (Å²) in [5.41, 5.74) is 9.30. The largest absolute Gasteiger partial charge is 0.487 e. The number of ether oxygens (including phenoxy) is 1. The van der Waals surface area contributed by atoms with Gasteiger partial charge >= 0.3 is 0 Å². The van der Waals surface area contributed by atoms with E-state index in [1.165, 1.54) is 5.56 Å². The van der Waals surface area contributed by atoms with Crippen molar-refractivity contribution < 1.29 is 4.74 Å². The third kappa shape index (κ3) is 3.75. The van der Waals surface area contributed by atoms with Crippen LogP contribution in [-0.4, -0.2) is 0 Å². The Hall–Kier alpha value is -1.51. The molecule has 2 rings (SSSR count). The number of benzene rings is 2. The van der Waals surface area contributed by atoms with Crippen molar-refractivity contribution in [1.82, 2.24) is 0 Å². The molecule has 0 aliphatic carbocycles. The van der Waals surface area contributed by atoms with Gasteiger partial charge in [0.15, 0.2) is 0 Å². The molecule has 2 aromatic rings. The van der Waals surface area contributed by atoms with Gasteiger partial charge in [0, 0.05) is 6.04 Å². The van der Waals surface area contributed by atoms with E-state index >= 15 is 0 Å². The van der Waals surface area contributed by atoms with Crippen LogP contribution in [-0.2, 0) is 13.0 Å². The number of rotatable bonds is 5. The Morgan fingerprint density at radius 1 is 1.10 bits per heavy atom. The minimum Gasteiger partial charge on any atom is -0.487 e. The highest BCUT2D eigenvalue weighted by atomic mass is 35.5. The van der Waals surface area contributed by atoms with Gasteiger partial charge in [-0.1, -0.05) is 48.9 Å². The summed E-state index contributed by atoms with van der Waals surface area (Å²) in [6.45, 7) is 4.59. The van der Waals surface area contributed by atoms with Crippen LogP contribution in [0.15, 0.2) is 42.5 Å². The Bertz CT molecular complexity index is 564. The molecule has 0 aromatic heterocycles. The van der Waals surface area contributed by atoms with Crippen molar-refractivity contribution in [2.24, 2.45) is 5.73 Å². The molecule has 20 heavy (non-hydrogen) atoms. The van der Waals surface area contributed by atoms with Crippen molar-refractivity contribution >= 4 is 11.6 Å². The Morgan fingerprint density at radius 3 is 2.30 bits per heavy atom. The van der Waals surface area contributed by atoms with E-state index in [0.29, 0.717) is 17.4 Å². The maximum absolute atomic E-state index is 6.21. The topological polar surface area (TPSA) is 35.2 Å². The number of hydrogen-bond acceptors (Lipinski definition) is 2. The van der Waals surface area contributed by atoms with Gasteiger partial charge in [-0.25, -0.2) is 0 Å². The Kier molecular flexibility index (Phi) is 5.05. The predicted molar refractivity (Wildman–Crippen MR) is 84.2 cm³/mol. The van der Waals surface area contributed by atoms with Gasteiger partial charge in [0.25, 0.3) is 0 Å². The average Bonchev–Trinajstić information content (AvgIpc) is 2.46. The minimum atomic E-state index is -0.0249. The van der Waals surface area contributed by atoms with Gasteiger partial charge < -0.3 is 10.5 Å². The number of nitrogens with two attached hydrogens (primary N) is 1. The van der Waals surface area contributed by atoms with Crippen LogP contribution < -0.4 is 10.5 Å². The fraction of sp³-hybridized carbons (Fsp3) is 0.294. The van der Waals surface area contributed by atoms with Gasteiger partial charge in [-0.05, 0) is 42.2 Å². The lowest BCUT2D eigenvalue weighted by atomic mass is 10.1. The van der Waals surface area contributed by atoms with E-state index in [0.717, 1.165) is 17.5 Å². The molecule has 106 valence electrons. The third-order valence-electron chi connectivity index (χ3n) is 3.31. The summed E-state index contributed by atoms with van der Waals surface area (Å²) in [6, 6.07) is 14.1. The van der Waals surface area contributed by atoms with Crippen LogP contribution >= 0.6 is 11.6 Å². The standard InChI is InChI=1S/C17H20ClNO/c1-3-13-4-6-14(7-5-13)11-20-17-9-8-15(12(2)19)10-16(17)18/h4-10,12H,3,11,19H2,1-2H3. The molecule has 2 aromatic carbocycles. The lowest BCUT2D eigenvalue weighted by Gasteiger charge is -2.11. The Morgan fingerprint density at radius 2 is 1.75 bits per heavy atom. The zero-order valence-corrected chi connectivity index (χ0v) is 12.7. The molecule has 2 N–H and O–H groups in total. The quantitative estimate of drug-likeness (QED) is 0.879. The van der Waals surface area contributed by atoms with Crippen LogP contribution in [0.25, 0.3) is 0 Å². The summed E-state index contributed by atoms with van der Waals surface area (Å²) in [7, 11) is 0. The highest BCUT2D eigenvalue weighted by Crippen LogP contribution is 2.28. The van der Waals surface area contributed by atoms with Crippen LogP contribution in [0, 0.1) is 0 Å². The summed E-state index contributed by atoms with van der Waals surface area (Å²) in [5, 5.41) is 0.602. The van der Waals surface area contributed by atoms with Gasteiger partial charge in [0.1, 0.15) is 12.4 Å². The number of hydrogen-bond donors (Lipinski definition) is 1.